The lowest BCUT2D eigenvalue weighted by Gasteiger charge is -2.44. The molecule has 1 heterocycles. The molecule has 1 N–H and O–H groups in total. The molecule has 6 nitrogen and oxygen atoms in total. The second-order valence-corrected chi connectivity index (χ2v) is 5.96. The summed E-state index contributed by atoms with van der Waals surface area (Å²) < 4.78 is 25.0. The van der Waals surface area contributed by atoms with Crippen molar-refractivity contribution in [2.24, 2.45) is 9.78 Å². The van der Waals surface area contributed by atoms with Gasteiger partial charge in [-0.2, -0.15) is 12.8 Å². The van der Waals surface area contributed by atoms with E-state index in [1.165, 1.54) is 4.90 Å². The van der Waals surface area contributed by atoms with Crippen molar-refractivity contribution in [2.75, 3.05) is 6.54 Å². The molecule has 0 aliphatic carbocycles. The lowest BCUT2D eigenvalue weighted by Crippen LogP contribution is -2.56. The molecule has 2 unspecified atom stereocenters. The van der Waals surface area contributed by atoms with Crippen molar-refractivity contribution in [3.63, 3.8) is 0 Å². The van der Waals surface area contributed by atoms with Crippen LogP contribution >= 0.6 is 0 Å². The lowest BCUT2D eigenvalue weighted by atomic mass is 9.78. The SMILES string of the molecule is C.CC(C)(C)C1C(N=S(=O)=O)CCCN1C(=O)O. The molecule has 1 rings (SSSR count). The fourth-order valence-electron chi connectivity index (χ4n) is 2.46. The quantitative estimate of drug-likeness (QED) is 0.796. The molecule has 1 fully saturated rings. The number of nitrogens with zero attached hydrogens (tertiary/aromatic N) is 2. The minimum atomic E-state index is -2.49. The number of piperidine rings is 1. The first-order valence-corrected chi connectivity index (χ1v) is 6.56. The Kier molecular flexibility index (Phi) is 5.79. The predicted octanol–water partition coefficient (Wildman–Crippen LogP) is 2.24. The Morgan fingerprint density at radius 1 is 1.39 bits per heavy atom. The monoisotopic (exact) mass is 278 g/mol. The molecule has 0 radical (unpaired) electrons. The highest BCUT2D eigenvalue weighted by molar-refractivity contribution is 7.61. The summed E-state index contributed by atoms with van der Waals surface area (Å²) in [7, 11) is -2.49. The van der Waals surface area contributed by atoms with Crippen molar-refractivity contribution < 1.29 is 18.3 Å². The summed E-state index contributed by atoms with van der Waals surface area (Å²) >= 11 is 0. The van der Waals surface area contributed by atoms with Gasteiger partial charge in [0.15, 0.2) is 0 Å². The number of carbonyl (C=O) groups is 1. The zero-order valence-corrected chi connectivity index (χ0v) is 11.1. The molecule has 0 aromatic rings. The predicted molar refractivity (Wildman–Crippen MR) is 69.1 cm³/mol. The molecule has 7 heteroatoms. The van der Waals surface area contributed by atoms with Gasteiger partial charge in [-0.25, -0.2) is 4.79 Å². The number of likely N-dealkylation sites (tertiary alicyclic amines) is 1. The molecule has 106 valence electrons. The van der Waals surface area contributed by atoms with E-state index in [9.17, 15) is 13.2 Å². The second kappa shape index (κ2) is 6.17. The number of rotatable bonds is 1. The van der Waals surface area contributed by atoms with E-state index in [4.69, 9.17) is 5.11 Å². The summed E-state index contributed by atoms with van der Waals surface area (Å²) in [6, 6.07) is -0.871. The summed E-state index contributed by atoms with van der Waals surface area (Å²) in [4.78, 5) is 12.5. The fourth-order valence-corrected chi connectivity index (χ4v) is 2.90. The molecule has 1 amide bonds. The van der Waals surface area contributed by atoms with E-state index in [1.807, 2.05) is 20.8 Å². The van der Waals surface area contributed by atoms with Crippen LogP contribution in [0.1, 0.15) is 41.0 Å². The Morgan fingerprint density at radius 3 is 2.33 bits per heavy atom. The number of hydrogen-bond donors (Lipinski definition) is 1. The van der Waals surface area contributed by atoms with Gasteiger partial charge in [-0.15, -0.1) is 0 Å². The number of hydrogen-bond acceptors (Lipinski definition) is 4. The van der Waals surface area contributed by atoms with Crippen LogP contribution < -0.4 is 0 Å². The van der Waals surface area contributed by atoms with Gasteiger partial charge in [-0.3, -0.25) is 0 Å². The Hall–Kier alpha value is -1.11. The van der Waals surface area contributed by atoms with Crippen LogP contribution in [0.25, 0.3) is 0 Å². The summed E-state index contributed by atoms with van der Waals surface area (Å²) in [6.07, 6.45) is 0.241. The van der Waals surface area contributed by atoms with E-state index in [-0.39, 0.29) is 12.8 Å². The van der Waals surface area contributed by atoms with Crippen molar-refractivity contribution in [1.29, 1.82) is 0 Å². The lowest BCUT2D eigenvalue weighted by molar-refractivity contribution is 0.0483. The average molecular weight is 278 g/mol. The zero-order valence-electron chi connectivity index (χ0n) is 10.3. The van der Waals surface area contributed by atoms with Crippen LogP contribution in [0.15, 0.2) is 4.36 Å². The summed E-state index contributed by atoms with van der Waals surface area (Å²) in [5.41, 5.74) is -0.341. The zero-order chi connectivity index (χ0) is 13.2. The second-order valence-electron chi connectivity index (χ2n) is 5.32. The highest BCUT2D eigenvalue weighted by Crippen LogP contribution is 2.33. The molecule has 0 saturated carbocycles. The third-order valence-electron chi connectivity index (χ3n) is 2.95. The maximum atomic E-state index is 11.2. The Balaban J connectivity index is 0.00000289. The van der Waals surface area contributed by atoms with E-state index < -0.39 is 28.7 Å². The van der Waals surface area contributed by atoms with E-state index in [0.717, 1.165) is 0 Å². The summed E-state index contributed by atoms with van der Waals surface area (Å²) in [6.45, 7) is 6.13. The minimum Gasteiger partial charge on any atom is -0.465 e. The highest BCUT2D eigenvalue weighted by atomic mass is 32.2. The largest absolute Gasteiger partial charge is 0.465 e. The first kappa shape index (κ1) is 16.9. The van der Waals surface area contributed by atoms with Gasteiger partial charge in [0.05, 0.1) is 12.1 Å². The smallest absolute Gasteiger partial charge is 0.407 e. The topological polar surface area (TPSA) is 87.0 Å². The summed E-state index contributed by atoms with van der Waals surface area (Å²) in [5, 5.41) is 9.15. The normalized spacial score (nSPS) is 24.1. The minimum absolute atomic E-state index is 0. The van der Waals surface area contributed by atoms with Crippen LogP contribution in [0.4, 0.5) is 4.79 Å². The van der Waals surface area contributed by atoms with Crippen molar-refractivity contribution in [2.45, 2.75) is 53.1 Å². The van der Waals surface area contributed by atoms with Crippen molar-refractivity contribution in [1.82, 2.24) is 4.90 Å². The van der Waals surface area contributed by atoms with Crippen LogP contribution in [-0.4, -0.2) is 43.1 Å². The van der Waals surface area contributed by atoms with E-state index >= 15 is 0 Å². The molecule has 1 aliphatic rings. The molecule has 0 spiro atoms. The van der Waals surface area contributed by atoms with Gasteiger partial charge in [0.25, 0.3) is 0 Å². The standard InChI is InChI=1S/C10H18N2O4S.CH4/c1-10(2,3)8-7(11-17(15)16)5-4-6-12(8)9(13)14;/h7-8H,4-6H2,1-3H3,(H,13,14);1H4. The third-order valence-corrected chi connectivity index (χ3v) is 3.40. The maximum absolute atomic E-state index is 11.2. The molecule has 0 aromatic carbocycles. The van der Waals surface area contributed by atoms with Crippen LogP contribution in [0.3, 0.4) is 0 Å². The molecule has 1 saturated heterocycles. The van der Waals surface area contributed by atoms with Crippen LogP contribution in [0, 0.1) is 5.41 Å². The van der Waals surface area contributed by atoms with Crippen LogP contribution in [-0.2, 0) is 10.5 Å². The van der Waals surface area contributed by atoms with E-state index in [0.29, 0.717) is 19.4 Å². The Bertz CT molecular complexity index is 417. The van der Waals surface area contributed by atoms with E-state index in [1.54, 1.807) is 0 Å². The molecule has 1 aliphatic heterocycles. The van der Waals surface area contributed by atoms with Gasteiger partial charge >= 0.3 is 16.6 Å². The van der Waals surface area contributed by atoms with Crippen molar-refractivity contribution in [3.8, 4) is 0 Å². The molecular formula is C11H22N2O4S. The maximum Gasteiger partial charge on any atom is 0.407 e. The van der Waals surface area contributed by atoms with Gasteiger partial charge in [-0.05, 0) is 18.3 Å². The van der Waals surface area contributed by atoms with Gasteiger partial charge < -0.3 is 10.0 Å². The van der Waals surface area contributed by atoms with Gasteiger partial charge in [0.1, 0.15) is 0 Å². The fraction of sp³-hybridized carbons (Fsp3) is 0.909. The first-order valence-electron chi connectivity index (χ1n) is 5.53. The summed E-state index contributed by atoms with van der Waals surface area (Å²) in [5.74, 6) is 0. The van der Waals surface area contributed by atoms with E-state index in [2.05, 4.69) is 4.36 Å². The molecule has 18 heavy (non-hydrogen) atoms. The van der Waals surface area contributed by atoms with Crippen LogP contribution in [0.2, 0.25) is 0 Å². The van der Waals surface area contributed by atoms with Gasteiger partial charge in [0.2, 0.25) is 0 Å². The van der Waals surface area contributed by atoms with Crippen molar-refractivity contribution in [3.05, 3.63) is 0 Å². The highest BCUT2D eigenvalue weighted by Gasteiger charge is 2.42. The van der Waals surface area contributed by atoms with Crippen LogP contribution in [0.5, 0.6) is 0 Å². The number of carboxylic acid groups (broad SMARTS) is 1. The Labute approximate surface area is 110 Å². The molecular weight excluding hydrogens is 256 g/mol. The van der Waals surface area contributed by atoms with Gasteiger partial charge in [0, 0.05) is 6.54 Å². The number of amides is 1. The van der Waals surface area contributed by atoms with Gasteiger partial charge in [-0.1, -0.05) is 28.2 Å². The molecule has 0 bridgehead atoms. The Morgan fingerprint density at radius 2 is 1.94 bits per heavy atom. The van der Waals surface area contributed by atoms with Crippen molar-refractivity contribution >= 4 is 16.6 Å². The third kappa shape index (κ3) is 3.97. The average Bonchev–Trinajstić information content (AvgIpc) is 2.14. The molecule has 2 atom stereocenters. The first-order chi connectivity index (χ1) is 7.73. The molecule has 0 aromatic heterocycles.